The largest absolute Gasteiger partial charge is 0.470 e. The van der Waals surface area contributed by atoms with E-state index in [1.807, 2.05) is 0 Å². The van der Waals surface area contributed by atoms with Crippen LogP contribution in [0.5, 0.6) is 5.88 Å². The second-order valence-corrected chi connectivity index (χ2v) is 5.26. The highest BCUT2D eigenvalue weighted by atomic mass is 19.1. The maximum absolute atomic E-state index is 14.8. The van der Waals surface area contributed by atoms with Crippen LogP contribution in [-0.2, 0) is 4.74 Å². The Kier molecular flexibility index (Phi) is 4.17. The van der Waals surface area contributed by atoms with Gasteiger partial charge < -0.3 is 14.8 Å². The smallest absolute Gasteiger partial charge is 0.258 e. The third kappa shape index (κ3) is 3.38. The average molecular weight is 343 g/mol. The van der Waals surface area contributed by atoms with E-state index in [-0.39, 0.29) is 23.8 Å². The number of aromatic nitrogens is 6. The fourth-order valence-electron chi connectivity index (χ4n) is 2.31. The van der Waals surface area contributed by atoms with Crippen LogP contribution in [0.1, 0.15) is 6.42 Å². The molecule has 4 heterocycles. The van der Waals surface area contributed by atoms with Gasteiger partial charge in [0, 0.05) is 31.2 Å². The van der Waals surface area contributed by atoms with Crippen molar-refractivity contribution in [2.24, 2.45) is 0 Å². The average Bonchev–Trinajstić information content (AvgIpc) is 3.33. The minimum atomic E-state index is -0.714. The van der Waals surface area contributed by atoms with E-state index in [1.54, 1.807) is 18.5 Å². The minimum absolute atomic E-state index is 0.0742. The Balaban J connectivity index is 1.71. The van der Waals surface area contributed by atoms with Gasteiger partial charge in [0.15, 0.2) is 5.82 Å². The second kappa shape index (κ2) is 6.77. The van der Waals surface area contributed by atoms with Crippen LogP contribution >= 0.6 is 0 Å². The Morgan fingerprint density at radius 3 is 2.96 bits per heavy atom. The van der Waals surface area contributed by atoms with E-state index in [0.717, 1.165) is 0 Å². The molecule has 1 N–H and O–H groups in total. The summed E-state index contributed by atoms with van der Waals surface area (Å²) in [6, 6.07) is 1.72. The van der Waals surface area contributed by atoms with E-state index < -0.39 is 5.82 Å². The number of ether oxygens (including phenoxy) is 2. The van der Waals surface area contributed by atoms with Gasteiger partial charge in [0.2, 0.25) is 5.82 Å². The SMILES string of the molecule is Fc1c(Nc2cnccn2)nc(-n2cccn2)nc1OC1CCOC1. The third-order valence-electron chi connectivity index (χ3n) is 3.49. The molecule has 9 nitrogen and oxygen atoms in total. The summed E-state index contributed by atoms with van der Waals surface area (Å²) in [5.41, 5.74) is 0. The molecule has 3 aromatic heterocycles. The van der Waals surface area contributed by atoms with Crippen LogP contribution in [0.4, 0.5) is 16.0 Å². The van der Waals surface area contributed by atoms with Gasteiger partial charge in [-0.05, 0) is 6.07 Å². The van der Waals surface area contributed by atoms with Crippen LogP contribution in [0.15, 0.2) is 37.1 Å². The quantitative estimate of drug-likeness (QED) is 0.744. The van der Waals surface area contributed by atoms with Crippen molar-refractivity contribution in [2.45, 2.75) is 12.5 Å². The summed E-state index contributed by atoms with van der Waals surface area (Å²) < 4.78 is 27.1. The number of hydrogen-bond acceptors (Lipinski definition) is 8. The third-order valence-corrected chi connectivity index (χ3v) is 3.49. The Labute approximate surface area is 141 Å². The molecule has 4 rings (SSSR count). The van der Waals surface area contributed by atoms with Crippen molar-refractivity contribution in [1.82, 2.24) is 29.7 Å². The number of anilines is 2. The van der Waals surface area contributed by atoms with Crippen LogP contribution in [0.3, 0.4) is 0 Å². The molecule has 0 radical (unpaired) electrons. The highest BCUT2D eigenvalue weighted by Gasteiger charge is 2.23. The highest BCUT2D eigenvalue weighted by Crippen LogP contribution is 2.26. The Hall–Kier alpha value is -3.14. The molecule has 1 unspecified atom stereocenters. The highest BCUT2D eigenvalue weighted by molar-refractivity contribution is 5.53. The van der Waals surface area contributed by atoms with Gasteiger partial charge in [0.05, 0.1) is 19.4 Å². The predicted octanol–water partition coefficient (Wildman–Crippen LogP) is 1.50. The zero-order chi connectivity index (χ0) is 17.1. The maximum atomic E-state index is 14.8. The Morgan fingerprint density at radius 2 is 2.24 bits per heavy atom. The normalized spacial score (nSPS) is 16.8. The molecule has 0 aromatic carbocycles. The topological polar surface area (TPSA) is 99.9 Å². The lowest BCUT2D eigenvalue weighted by atomic mass is 10.3. The van der Waals surface area contributed by atoms with Gasteiger partial charge in [-0.25, -0.2) is 9.67 Å². The Bertz CT molecular complexity index is 839. The first-order valence-corrected chi connectivity index (χ1v) is 7.64. The van der Waals surface area contributed by atoms with Gasteiger partial charge in [-0.2, -0.15) is 19.5 Å². The molecule has 1 fully saturated rings. The molecular formula is C15H14FN7O2. The molecule has 1 atom stereocenters. The first-order valence-electron chi connectivity index (χ1n) is 7.64. The van der Waals surface area contributed by atoms with E-state index >= 15 is 0 Å². The molecule has 0 amide bonds. The molecule has 25 heavy (non-hydrogen) atoms. The first kappa shape index (κ1) is 15.4. The number of hydrogen-bond donors (Lipinski definition) is 1. The molecule has 1 aliphatic rings. The molecule has 10 heteroatoms. The first-order chi connectivity index (χ1) is 12.3. The van der Waals surface area contributed by atoms with E-state index in [4.69, 9.17) is 9.47 Å². The molecule has 0 bridgehead atoms. The lowest BCUT2D eigenvalue weighted by Crippen LogP contribution is -2.19. The summed E-state index contributed by atoms with van der Waals surface area (Å²) in [7, 11) is 0. The minimum Gasteiger partial charge on any atom is -0.470 e. The molecule has 128 valence electrons. The van der Waals surface area contributed by atoms with Crippen LogP contribution in [0, 0.1) is 5.82 Å². The van der Waals surface area contributed by atoms with E-state index in [0.29, 0.717) is 25.5 Å². The van der Waals surface area contributed by atoms with Crippen LogP contribution < -0.4 is 10.1 Å². The standard InChI is InChI=1S/C15H14FN7O2/c16-12-13(20-11-8-17-4-5-18-11)21-15(23-6-1-3-19-23)22-14(12)25-10-2-7-24-9-10/h1,3-6,8,10H,2,7,9H2,(H,18,20,21,22). The van der Waals surface area contributed by atoms with Crippen molar-refractivity contribution in [3.05, 3.63) is 42.9 Å². The summed E-state index contributed by atoms with van der Waals surface area (Å²) in [5.74, 6) is -0.431. The van der Waals surface area contributed by atoms with Crippen molar-refractivity contribution in [3.8, 4) is 11.8 Å². The molecule has 3 aromatic rings. The zero-order valence-corrected chi connectivity index (χ0v) is 13.0. The van der Waals surface area contributed by atoms with Crippen molar-refractivity contribution in [3.63, 3.8) is 0 Å². The lowest BCUT2D eigenvalue weighted by Gasteiger charge is -2.14. The summed E-state index contributed by atoms with van der Waals surface area (Å²) in [6.07, 6.45) is 8.12. The number of nitrogens with zero attached hydrogens (tertiary/aromatic N) is 6. The number of rotatable bonds is 5. The van der Waals surface area contributed by atoms with Crippen molar-refractivity contribution in [2.75, 3.05) is 18.5 Å². The van der Waals surface area contributed by atoms with Crippen LogP contribution in [0.25, 0.3) is 5.95 Å². The zero-order valence-electron chi connectivity index (χ0n) is 13.0. The summed E-state index contributed by atoms with van der Waals surface area (Å²) in [6.45, 7) is 0.974. The summed E-state index contributed by atoms with van der Waals surface area (Å²) in [5, 5.41) is 6.86. The van der Waals surface area contributed by atoms with E-state index in [9.17, 15) is 4.39 Å². The molecule has 0 spiro atoms. The van der Waals surface area contributed by atoms with Gasteiger partial charge >= 0.3 is 0 Å². The van der Waals surface area contributed by atoms with E-state index in [1.165, 1.54) is 23.3 Å². The fourth-order valence-corrected chi connectivity index (χ4v) is 2.31. The Morgan fingerprint density at radius 1 is 1.28 bits per heavy atom. The lowest BCUT2D eigenvalue weighted by molar-refractivity contribution is 0.134. The summed E-state index contributed by atoms with van der Waals surface area (Å²) >= 11 is 0. The van der Waals surface area contributed by atoms with Crippen molar-refractivity contribution in [1.29, 1.82) is 0 Å². The van der Waals surface area contributed by atoms with Gasteiger partial charge in [-0.3, -0.25) is 4.98 Å². The van der Waals surface area contributed by atoms with Crippen molar-refractivity contribution < 1.29 is 13.9 Å². The predicted molar refractivity (Wildman–Crippen MR) is 84.3 cm³/mol. The fraction of sp³-hybridized carbons (Fsp3) is 0.267. The van der Waals surface area contributed by atoms with E-state index in [2.05, 4.69) is 30.4 Å². The monoisotopic (exact) mass is 343 g/mol. The van der Waals surface area contributed by atoms with Crippen LogP contribution in [0.2, 0.25) is 0 Å². The van der Waals surface area contributed by atoms with Crippen LogP contribution in [-0.4, -0.2) is 49.0 Å². The maximum Gasteiger partial charge on any atom is 0.258 e. The van der Waals surface area contributed by atoms with Crippen molar-refractivity contribution >= 4 is 11.6 Å². The number of halogens is 1. The molecule has 1 saturated heterocycles. The molecule has 0 saturated carbocycles. The molecule has 1 aliphatic heterocycles. The second-order valence-electron chi connectivity index (χ2n) is 5.26. The molecular weight excluding hydrogens is 329 g/mol. The molecule has 0 aliphatic carbocycles. The van der Waals surface area contributed by atoms with Gasteiger partial charge in [-0.1, -0.05) is 0 Å². The van der Waals surface area contributed by atoms with Gasteiger partial charge in [-0.15, -0.1) is 0 Å². The van der Waals surface area contributed by atoms with Gasteiger partial charge in [0.25, 0.3) is 11.8 Å². The summed E-state index contributed by atoms with van der Waals surface area (Å²) in [4.78, 5) is 16.3. The van der Waals surface area contributed by atoms with Gasteiger partial charge in [0.1, 0.15) is 11.9 Å². The number of nitrogens with one attached hydrogen (secondary N) is 1.